The average molecular weight is 580 g/mol. The summed E-state index contributed by atoms with van der Waals surface area (Å²) in [6.07, 6.45) is 10.9. The maximum absolute atomic E-state index is 10.0. The van der Waals surface area contributed by atoms with Gasteiger partial charge >= 0.3 is 0 Å². The van der Waals surface area contributed by atoms with Crippen molar-refractivity contribution < 1.29 is 4.42 Å². The second kappa shape index (κ2) is 9.21. The van der Waals surface area contributed by atoms with Crippen molar-refractivity contribution in [3.63, 3.8) is 0 Å². The fourth-order valence-corrected chi connectivity index (χ4v) is 8.35. The fourth-order valence-electron chi connectivity index (χ4n) is 8.35. The summed E-state index contributed by atoms with van der Waals surface area (Å²) >= 11 is 0. The number of benzene rings is 4. The molecule has 0 spiro atoms. The number of allylic oxidation sites excluding steroid dienone is 2. The van der Waals surface area contributed by atoms with Gasteiger partial charge in [0.25, 0.3) is 0 Å². The molecular formula is C41H29N3O. The summed E-state index contributed by atoms with van der Waals surface area (Å²) < 4.78 is 9.33. The topological polar surface area (TPSA) is 65.7 Å². The Balaban J connectivity index is 1.31. The Morgan fingerprint density at radius 2 is 1.64 bits per heavy atom. The van der Waals surface area contributed by atoms with E-state index in [1.807, 2.05) is 30.3 Å². The van der Waals surface area contributed by atoms with Crippen molar-refractivity contribution in [2.75, 3.05) is 0 Å². The zero-order valence-electron chi connectivity index (χ0n) is 25.1. The molecule has 9 rings (SSSR count). The number of hydrogen-bond donors (Lipinski definition) is 0. The molecule has 0 amide bonds. The first kappa shape index (κ1) is 25.9. The highest BCUT2D eigenvalue weighted by Gasteiger charge is 2.49. The van der Waals surface area contributed by atoms with Crippen LogP contribution in [0.15, 0.2) is 95.4 Å². The number of nitrogens with zero attached hydrogens (tertiary/aromatic N) is 3. The Bertz CT molecular complexity index is 2400. The second-order valence-electron chi connectivity index (χ2n) is 13.1. The van der Waals surface area contributed by atoms with E-state index in [0.717, 1.165) is 68.4 Å². The molecule has 4 heteroatoms. The maximum Gasteiger partial charge on any atom is 0.142 e. The molecule has 0 bridgehead atoms. The Morgan fingerprint density at radius 3 is 2.51 bits per heavy atom. The lowest BCUT2D eigenvalue weighted by Crippen LogP contribution is -2.26. The number of furan rings is 1. The number of nitriles is 2. The van der Waals surface area contributed by atoms with E-state index in [-0.39, 0.29) is 11.3 Å². The summed E-state index contributed by atoms with van der Waals surface area (Å²) in [5, 5.41) is 21.8. The van der Waals surface area contributed by atoms with E-state index in [2.05, 4.69) is 103 Å². The minimum atomic E-state index is 0.00593. The van der Waals surface area contributed by atoms with E-state index in [1.54, 1.807) is 0 Å². The summed E-state index contributed by atoms with van der Waals surface area (Å²) in [5.74, 6) is 1.52. The molecule has 0 saturated heterocycles. The van der Waals surface area contributed by atoms with E-state index < -0.39 is 0 Å². The molecule has 0 fully saturated rings. The minimum Gasteiger partial charge on any atom is -0.459 e. The molecule has 2 atom stereocenters. The smallest absolute Gasteiger partial charge is 0.142 e. The standard InChI is InChI=1S/C41H29N3O/c1-41(2)33-12-5-3-9-31(33)38-34(41)18-17-30-29-11-7-10-28(39(29)45-40(30)38)27-16-14-25(23-43)21-37(27)44-35-13-6-4-8-26(35)32-20-24(22-42)15-19-36(32)44/h3-5,7-12,14-21,34,38H,6,13H2,1-2H3. The van der Waals surface area contributed by atoms with Crippen LogP contribution in [-0.2, 0) is 11.8 Å². The molecule has 45 heavy (non-hydrogen) atoms. The largest absolute Gasteiger partial charge is 0.459 e. The number of aromatic nitrogens is 1. The lowest BCUT2D eigenvalue weighted by Gasteiger charge is -2.30. The third-order valence-electron chi connectivity index (χ3n) is 10.4. The Labute approximate surface area is 261 Å². The molecule has 2 unspecified atom stereocenters. The summed E-state index contributed by atoms with van der Waals surface area (Å²) in [7, 11) is 0. The van der Waals surface area contributed by atoms with Crippen LogP contribution in [0, 0.1) is 28.6 Å². The van der Waals surface area contributed by atoms with Crippen LogP contribution in [-0.4, -0.2) is 4.57 Å². The van der Waals surface area contributed by atoms with Crippen molar-refractivity contribution in [3.8, 4) is 29.0 Å². The lowest BCUT2D eigenvalue weighted by molar-refractivity contribution is 0.361. The molecule has 0 N–H and O–H groups in total. The van der Waals surface area contributed by atoms with E-state index in [9.17, 15) is 10.5 Å². The van der Waals surface area contributed by atoms with Crippen LogP contribution >= 0.6 is 0 Å². The zero-order chi connectivity index (χ0) is 30.4. The number of rotatable bonds is 2. The highest BCUT2D eigenvalue weighted by Crippen LogP contribution is 2.57. The van der Waals surface area contributed by atoms with E-state index in [1.165, 1.54) is 16.8 Å². The van der Waals surface area contributed by atoms with E-state index >= 15 is 0 Å². The molecule has 3 aliphatic rings. The Kier molecular flexibility index (Phi) is 5.30. The van der Waals surface area contributed by atoms with Gasteiger partial charge in [0.05, 0.1) is 40.4 Å². The SMILES string of the molecule is CC1(C)c2ccccc2C2c3oc4c(-c5ccc(C#N)cc5-n5c6c(c7cc(C#N)ccc75)C=CCC6)cccc4c3C=CC21. The molecule has 2 aromatic heterocycles. The van der Waals surface area contributed by atoms with Gasteiger partial charge in [0.1, 0.15) is 11.3 Å². The second-order valence-corrected chi connectivity index (χ2v) is 13.1. The van der Waals surface area contributed by atoms with Crippen molar-refractivity contribution in [2.45, 2.75) is 38.0 Å². The van der Waals surface area contributed by atoms with Gasteiger partial charge in [0, 0.05) is 44.6 Å². The molecule has 214 valence electrons. The van der Waals surface area contributed by atoms with Crippen molar-refractivity contribution in [1.29, 1.82) is 10.5 Å². The fraction of sp³-hybridized carbons (Fsp3) is 0.171. The van der Waals surface area contributed by atoms with Crippen molar-refractivity contribution in [3.05, 3.63) is 136 Å². The van der Waals surface area contributed by atoms with Crippen LogP contribution in [0.4, 0.5) is 0 Å². The van der Waals surface area contributed by atoms with Gasteiger partial charge in [-0.05, 0) is 59.7 Å². The predicted molar refractivity (Wildman–Crippen MR) is 179 cm³/mol. The molecule has 4 nitrogen and oxygen atoms in total. The van der Waals surface area contributed by atoms with E-state index in [0.29, 0.717) is 17.0 Å². The van der Waals surface area contributed by atoms with Crippen molar-refractivity contribution in [2.24, 2.45) is 5.92 Å². The summed E-state index contributed by atoms with van der Waals surface area (Å²) in [4.78, 5) is 0. The molecule has 0 radical (unpaired) electrons. The van der Waals surface area contributed by atoms with Gasteiger partial charge < -0.3 is 8.98 Å². The number of fused-ring (bicyclic) bond motifs is 10. The molecule has 0 saturated carbocycles. The van der Waals surface area contributed by atoms with Gasteiger partial charge in [-0.25, -0.2) is 0 Å². The first-order valence-corrected chi connectivity index (χ1v) is 15.6. The minimum absolute atomic E-state index is 0.00593. The number of hydrogen-bond acceptors (Lipinski definition) is 3. The highest BCUT2D eigenvalue weighted by molar-refractivity contribution is 6.02. The van der Waals surface area contributed by atoms with E-state index in [4.69, 9.17) is 4.42 Å². The molecule has 0 aliphatic heterocycles. The summed E-state index contributed by atoms with van der Waals surface area (Å²) in [6, 6.07) is 31.8. The normalized spacial score (nSPS) is 18.7. The van der Waals surface area contributed by atoms with Gasteiger partial charge in [-0.3, -0.25) is 0 Å². The maximum atomic E-state index is 10.0. The molecular weight excluding hydrogens is 550 g/mol. The lowest BCUT2D eigenvalue weighted by atomic mass is 9.73. The molecule has 4 aromatic carbocycles. The van der Waals surface area contributed by atoms with Gasteiger partial charge in [-0.2, -0.15) is 10.5 Å². The summed E-state index contributed by atoms with van der Waals surface area (Å²) in [5.41, 5.74) is 12.4. The van der Waals surface area contributed by atoms with Gasteiger partial charge in [-0.15, -0.1) is 0 Å². The number of para-hydroxylation sites is 1. The quantitative estimate of drug-likeness (QED) is 0.205. The average Bonchev–Trinajstić information content (AvgIpc) is 3.70. The van der Waals surface area contributed by atoms with Crippen molar-refractivity contribution >= 4 is 34.0 Å². The zero-order valence-corrected chi connectivity index (χ0v) is 25.1. The molecule has 3 aliphatic carbocycles. The monoisotopic (exact) mass is 579 g/mol. The highest BCUT2D eigenvalue weighted by atomic mass is 16.3. The van der Waals surface area contributed by atoms with Crippen LogP contribution in [0.25, 0.3) is 50.8 Å². The molecule has 6 aromatic rings. The van der Waals surface area contributed by atoms with Gasteiger partial charge in [0.15, 0.2) is 0 Å². The van der Waals surface area contributed by atoms with Crippen LogP contribution < -0.4 is 0 Å². The van der Waals surface area contributed by atoms with Crippen molar-refractivity contribution in [1.82, 2.24) is 4.57 Å². The third kappa shape index (κ3) is 3.46. The van der Waals surface area contributed by atoms with Crippen LogP contribution in [0.1, 0.15) is 71.0 Å². The summed E-state index contributed by atoms with van der Waals surface area (Å²) in [6.45, 7) is 4.69. The Hall–Kier alpha value is -5.58. The molecule has 2 heterocycles. The van der Waals surface area contributed by atoms with Crippen LogP contribution in [0.5, 0.6) is 0 Å². The predicted octanol–water partition coefficient (Wildman–Crippen LogP) is 9.81. The first-order chi connectivity index (χ1) is 22.0. The third-order valence-corrected chi connectivity index (χ3v) is 10.4. The van der Waals surface area contributed by atoms with Gasteiger partial charge in [0.2, 0.25) is 0 Å². The van der Waals surface area contributed by atoms with Crippen LogP contribution in [0.3, 0.4) is 0 Å². The van der Waals surface area contributed by atoms with Crippen LogP contribution in [0.2, 0.25) is 0 Å². The Morgan fingerprint density at radius 1 is 0.822 bits per heavy atom. The van der Waals surface area contributed by atoms with Gasteiger partial charge in [-0.1, -0.05) is 86.7 Å². The first-order valence-electron chi connectivity index (χ1n) is 15.6.